The van der Waals surface area contributed by atoms with Gasteiger partial charge in [0.05, 0.1) is 4.90 Å². The maximum atomic E-state index is 12.6. The molecule has 1 aromatic carbocycles. The fraction of sp³-hybridized carbons (Fsp3) is 0.412. The summed E-state index contributed by atoms with van der Waals surface area (Å²) in [5, 5.41) is 6.40. The van der Waals surface area contributed by atoms with Gasteiger partial charge in [-0.3, -0.25) is 4.79 Å². The molecule has 0 spiro atoms. The fourth-order valence-corrected chi connectivity index (χ4v) is 4.27. The second kappa shape index (κ2) is 7.98. The monoisotopic (exact) mass is 378 g/mol. The summed E-state index contributed by atoms with van der Waals surface area (Å²) in [5.41, 5.74) is 0. The molecule has 1 aliphatic rings. The van der Waals surface area contributed by atoms with E-state index in [4.69, 9.17) is 4.52 Å². The minimum Gasteiger partial charge on any atom is -0.360 e. The van der Waals surface area contributed by atoms with Gasteiger partial charge in [0.25, 0.3) is 0 Å². The summed E-state index contributed by atoms with van der Waals surface area (Å²) in [4.78, 5) is 14.4. The Kier molecular flexibility index (Phi) is 5.70. The van der Waals surface area contributed by atoms with E-state index in [2.05, 4.69) is 15.4 Å². The van der Waals surface area contributed by atoms with Crippen LogP contribution in [0.15, 0.2) is 45.8 Å². The van der Waals surface area contributed by atoms with Gasteiger partial charge in [-0.15, -0.1) is 0 Å². The average Bonchev–Trinajstić information content (AvgIpc) is 3.06. The molecule has 1 aliphatic heterocycles. The lowest BCUT2D eigenvalue weighted by molar-refractivity contribution is -0.116. The molecule has 2 heterocycles. The zero-order valence-corrected chi connectivity index (χ0v) is 15.4. The van der Waals surface area contributed by atoms with Crippen molar-refractivity contribution >= 4 is 21.7 Å². The smallest absolute Gasteiger partial charge is 0.243 e. The number of nitrogens with zero attached hydrogens (tertiary/aromatic N) is 3. The fourth-order valence-electron chi connectivity index (χ4n) is 2.83. The van der Waals surface area contributed by atoms with Crippen LogP contribution >= 0.6 is 0 Å². The summed E-state index contributed by atoms with van der Waals surface area (Å²) < 4.78 is 31.6. The summed E-state index contributed by atoms with van der Waals surface area (Å²) in [7, 11) is -3.45. The zero-order chi connectivity index (χ0) is 18.6. The molecule has 1 amide bonds. The number of nitrogens with one attached hydrogen (secondary N) is 1. The Bertz CT molecular complexity index is 843. The maximum Gasteiger partial charge on any atom is 0.243 e. The number of aromatic nitrogens is 1. The first-order valence-electron chi connectivity index (χ1n) is 8.46. The number of carbonyl (C=O) groups excluding carboxylic acids is 1. The molecule has 0 bridgehead atoms. The molecule has 9 heteroatoms. The van der Waals surface area contributed by atoms with Crippen molar-refractivity contribution in [2.75, 3.05) is 38.0 Å². The van der Waals surface area contributed by atoms with E-state index in [1.165, 1.54) is 4.31 Å². The van der Waals surface area contributed by atoms with Gasteiger partial charge in [0.2, 0.25) is 15.9 Å². The van der Waals surface area contributed by atoms with Crippen LogP contribution in [0.3, 0.4) is 0 Å². The predicted molar refractivity (Wildman–Crippen MR) is 96.1 cm³/mol. The van der Waals surface area contributed by atoms with Crippen LogP contribution in [0, 0.1) is 6.92 Å². The molecule has 3 rings (SSSR count). The second-order valence-corrected chi connectivity index (χ2v) is 8.12. The third kappa shape index (κ3) is 4.48. The first-order chi connectivity index (χ1) is 12.4. The number of amides is 1. The van der Waals surface area contributed by atoms with E-state index in [1.807, 2.05) is 0 Å². The van der Waals surface area contributed by atoms with Gasteiger partial charge in [-0.2, -0.15) is 4.31 Å². The normalized spacial score (nSPS) is 16.5. The van der Waals surface area contributed by atoms with E-state index in [1.54, 1.807) is 43.3 Å². The molecule has 0 radical (unpaired) electrons. The summed E-state index contributed by atoms with van der Waals surface area (Å²) in [5.74, 6) is 0.903. The third-order valence-corrected chi connectivity index (χ3v) is 6.18. The van der Waals surface area contributed by atoms with Crippen molar-refractivity contribution in [3.63, 3.8) is 0 Å². The van der Waals surface area contributed by atoms with E-state index >= 15 is 0 Å². The Labute approximate surface area is 152 Å². The minimum atomic E-state index is -3.45. The molecule has 0 unspecified atom stereocenters. The van der Waals surface area contributed by atoms with Crippen LogP contribution in [0.4, 0.5) is 5.82 Å². The molecule has 1 fully saturated rings. The van der Waals surface area contributed by atoms with Gasteiger partial charge in [-0.05, 0) is 19.1 Å². The first-order valence-corrected chi connectivity index (χ1v) is 9.90. The van der Waals surface area contributed by atoms with E-state index in [-0.39, 0.29) is 5.91 Å². The Balaban J connectivity index is 1.46. The van der Waals surface area contributed by atoms with Crippen molar-refractivity contribution in [2.45, 2.75) is 18.2 Å². The van der Waals surface area contributed by atoms with Crippen LogP contribution in [0.5, 0.6) is 0 Å². The number of aryl methyl sites for hydroxylation is 1. The van der Waals surface area contributed by atoms with Gasteiger partial charge in [0.1, 0.15) is 5.76 Å². The standard InChI is InChI=1S/C17H22N4O4S/c1-14-13-16(19-25-14)18-17(22)7-8-20-9-11-21(12-10-20)26(23,24)15-5-3-2-4-6-15/h2-6,13H,7-12H2,1H3,(H,18,19,22). The molecule has 0 aliphatic carbocycles. The highest BCUT2D eigenvalue weighted by atomic mass is 32.2. The van der Waals surface area contributed by atoms with Crippen LogP contribution in [0.1, 0.15) is 12.2 Å². The van der Waals surface area contributed by atoms with Crippen LogP contribution < -0.4 is 5.32 Å². The predicted octanol–water partition coefficient (Wildman–Crippen LogP) is 1.32. The third-order valence-electron chi connectivity index (χ3n) is 4.26. The van der Waals surface area contributed by atoms with Gasteiger partial charge in [0, 0.05) is 45.2 Å². The molecule has 1 aromatic heterocycles. The Hall–Kier alpha value is -2.23. The number of benzene rings is 1. The molecule has 26 heavy (non-hydrogen) atoms. The van der Waals surface area contributed by atoms with E-state index in [9.17, 15) is 13.2 Å². The van der Waals surface area contributed by atoms with Crippen LogP contribution in [0.2, 0.25) is 0 Å². The topological polar surface area (TPSA) is 95.8 Å². The molecule has 0 saturated carbocycles. The number of sulfonamides is 1. The molecule has 1 N–H and O–H groups in total. The Morgan fingerprint density at radius 2 is 1.88 bits per heavy atom. The van der Waals surface area contributed by atoms with Crippen LogP contribution in [-0.2, 0) is 14.8 Å². The van der Waals surface area contributed by atoms with Crippen molar-refractivity contribution in [3.05, 3.63) is 42.2 Å². The van der Waals surface area contributed by atoms with Gasteiger partial charge >= 0.3 is 0 Å². The highest BCUT2D eigenvalue weighted by molar-refractivity contribution is 7.89. The summed E-state index contributed by atoms with van der Waals surface area (Å²) in [6.07, 6.45) is 0.317. The lowest BCUT2D eigenvalue weighted by Crippen LogP contribution is -2.49. The number of piperazine rings is 1. The van der Waals surface area contributed by atoms with E-state index in [0.717, 1.165) is 0 Å². The first kappa shape index (κ1) is 18.6. The quantitative estimate of drug-likeness (QED) is 0.814. The van der Waals surface area contributed by atoms with Crippen molar-refractivity contribution in [1.82, 2.24) is 14.4 Å². The van der Waals surface area contributed by atoms with Crippen molar-refractivity contribution < 1.29 is 17.7 Å². The van der Waals surface area contributed by atoms with E-state index < -0.39 is 10.0 Å². The Morgan fingerprint density at radius 1 is 1.19 bits per heavy atom. The van der Waals surface area contributed by atoms with Crippen molar-refractivity contribution in [1.29, 1.82) is 0 Å². The average molecular weight is 378 g/mol. The number of carbonyl (C=O) groups is 1. The summed E-state index contributed by atoms with van der Waals surface area (Å²) >= 11 is 0. The van der Waals surface area contributed by atoms with Crippen molar-refractivity contribution in [3.8, 4) is 0 Å². The highest BCUT2D eigenvalue weighted by Crippen LogP contribution is 2.17. The SMILES string of the molecule is Cc1cc(NC(=O)CCN2CCN(S(=O)(=O)c3ccccc3)CC2)no1. The minimum absolute atomic E-state index is 0.141. The molecule has 0 atom stereocenters. The lowest BCUT2D eigenvalue weighted by Gasteiger charge is -2.33. The number of anilines is 1. The zero-order valence-electron chi connectivity index (χ0n) is 14.6. The van der Waals surface area contributed by atoms with Crippen LogP contribution in [-0.4, -0.2) is 61.4 Å². The lowest BCUT2D eigenvalue weighted by atomic mass is 10.3. The van der Waals surface area contributed by atoms with Gasteiger partial charge < -0.3 is 14.7 Å². The highest BCUT2D eigenvalue weighted by Gasteiger charge is 2.28. The summed E-state index contributed by atoms with van der Waals surface area (Å²) in [6, 6.07) is 10.1. The van der Waals surface area contributed by atoms with Crippen molar-refractivity contribution in [2.24, 2.45) is 0 Å². The van der Waals surface area contributed by atoms with E-state index in [0.29, 0.717) is 55.6 Å². The molecule has 8 nitrogen and oxygen atoms in total. The molecular formula is C17H22N4O4S. The maximum absolute atomic E-state index is 12.6. The molecule has 140 valence electrons. The van der Waals surface area contributed by atoms with Gasteiger partial charge in [-0.1, -0.05) is 23.4 Å². The Morgan fingerprint density at radius 3 is 2.50 bits per heavy atom. The second-order valence-electron chi connectivity index (χ2n) is 6.18. The summed E-state index contributed by atoms with van der Waals surface area (Å²) in [6.45, 7) is 4.36. The largest absolute Gasteiger partial charge is 0.360 e. The number of hydrogen-bond donors (Lipinski definition) is 1. The molecular weight excluding hydrogens is 356 g/mol. The van der Waals surface area contributed by atoms with Crippen LogP contribution in [0.25, 0.3) is 0 Å². The van der Waals surface area contributed by atoms with Gasteiger partial charge in [-0.25, -0.2) is 8.42 Å². The molecule has 2 aromatic rings. The number of rotatable bonds is 6. The molecule has 1 saturated heterocycles. The number of hydrogen-bond acceptors (Lipinski definition) is 6. The van der Waals surface area contributed by atoms with Gasteiger partial charge in [0.15, 0.2) is 5.82 Å².